The van der Waals surface area contributed by atoms with Crippen molar-refractivity contribution in [2.45, 2.75) is 50.4 Å². The molecule has 2 saturated heterocycles. The zero-order valence-electron chi connectivity index (χ0n) is 17.0. The maximum atomic E-state index is 11.7. The molecular formula is C26H29N2O+. The average molecular weight is 386 g/mol. The van der Waals surface area contributed by atoms with Crippen LogP contribution in [0.3, 0.4) is 0 Å². The summed E-state index contributed by atoms with van der Waals surface area (Å²) in [7, 11) is 0. The predicted molar refractivity (Wildman–Crippen MR) is 115 cm³/mol. The van der Waals surface area contributed by atoms with E-state index in [1.54, 1.807) is 0 Å². The van der Waals surface area contributed by atoms with Gasteiger partial charge in [-0.05, 0) is 24.1 Å². The van der Waals surface area contributed by atoms with E-state index in [-0.39, 0.29) is 6.04 Å². The minimum Gasteiger partial charge on any atom is -0.382 e. The lowest BCUT2D eigenvalue weighted by Gasteiger charge is -2.60. The Labute approximate surface area is 172 Å². The number of hydrogen-bond donors (Lipinski definition) is 1. The Bertz CT molecular complexity index is 1060. The van der Waals surface area contributed by atoms with Gasteiger partial charge in [0, 0.05) is 35.4 Å². The van der Waals surface area contributed by atoms with Gasteiger partial charge in [0.1, 0.15) is 24.2 Å². The van der Waals surface area contributed by atoms with Crippen LogP contribution in [0.1, 0.15) is 43.4 Å². The van der Waals surface area contributed by atoms with E-state index >= 15 is 0 Å². The number of quaternary nitrogens is 1. The highest BCUT2D eigenvalue weighted by Gasteiger charge is 2.87. The van der Waals surface area contributed by atoms with Crippen molar-refractivity contribution in [3.05, 3.63) is 78.0 Å². The van der Waals surface area contributed by atoms with Crippen molar-refractivity contribution in [1.82, 2.24) is 4.98 Å². The van der Waals surface area contributed by atoms with Crippen LogP contribution in [0, 0.1) is 11.8 Å². The smallest absolute Gasteiger partial charge is 0.132 e. The van der Waals surface area contributed by atoms with E-state index in [1.165, 1.54) is 31.4 Å². The van der Waals surface area contributed by atoms with Crippen LogP contribution >= 0.6 is 0 Å². The molecule has 1 aliphatic carbocycles. The predicted octanol–water partition coefficient (Wildman–Crippen LogP) is 4.86. The molecule has 1 aromatic heterocycles. The molecule has 6 rings (SSSR count). The fourth-order valence-corrected chi connectivity index (χ4v) is 7.49. The molecule has 1 N–H and O–H groups in total. The fourth-order valence-electron chi connectivity index (χ4n) is 7.49. The molecule has 6 atom stereocenters. The van der Waals surface area contributed by atoms with Gasteiger partial charge in [-0.25, -0.2) is 0 Å². The van der Waals surface area contributed by atoms with Gasteiger partial charge in [0.2, 0.25) is 0 Å². The Hall–Kier alpha value is -2.23. The van der Waals surface area contributed by atoms with Crippen LogP contribution in [-0.2, 0) is 6.54 Å². The second kappa shape index (κ2) is 6.13. The van der Waals surface area contributed by atoms with Crippen LogP contribution in [0.5, 0.6) is 0 Å². The Balaban J connectivity index is 1.41. The van der Waals surface area contributed by atoms with Gasteiger partial charge in [-0.3, -0.25) is 4.98 Å². The molecule has 2 aromatic carbocycles. The van der Waals surface area contributed by atoms with Crippen molar-refractivity contribution in [2.75, 3.05) is 6.54 Å². The van der Waals surface area contributed by atoms with Crippen molar-refractivity contribution < 1.29 is 9.59 Å². The first-order chi connectivity index (χ1) is 14.2. The summed E-state index contributed by atoms with van der Waals surface area (Å²) in [6, 6.07) is 21.5. The Morgan fingerprint density at radius 1 is 1.10 bits per heavy atom. The maximum absolute atomic E-state index is 11.7. The zero-order valence-corrected chi connectivity index (χ0v) is 17.0. The molecule has 4 unspecified atom stereocenters. The van der Waals surface area contributed by atoms with Crippen LogP contribution in [0.15, 0.2) is 66.9 Å². The van der Waals surface area contributed by atoms with Gasteiger partial charge in [-0.15, -0.1) is 0 Å². The van der Waals surface area contributed by atoms with E-state index in [0.29, 0.717) is 5.54 Å². The average Bonchev–Trinajstić information content (AvgIpc) is 3.37. The minimum atomic E-state index is -0.436. The lowest BCUT2D eigenvalue weighted by Crippen LogP contribution is -2.73. The van der Waals surface area contributed by atoms with Gasteiger partial charge < -0.3 is 9.59 Å². The van der Waals surface area contributed by atoms with E-state index in [4.69, 9.17) is 0 Å². The molecule has 3 aromatic rings. The highest BCUT2D eigenvalue weighted by atomic mass is 16.3. The first-order valence-corrected chi connectivity index (χ1v) is 11.1. The highest BCUT2D eigenvalue weighted by molar-refractivity contribution is 5.82. The number of aromatic nitrogens is 1. The maximum Gasteiger partial charge on any atom is 0.132 e. The number of fused-ring (bicyclic) bond motifs is 1. The molecule has 3 heteroatoms. The number of hydrogen-bond acceptors (Lipinski definition) is 2. The lowest BCUT2D eigenvalue weighted by molar-refractivity contribution is -1.03. The quantitative estimate of drug-likeness (QED) is 0.637. The summed E-state index contributed by atoms with van der Waals surface area (Å²) in [6.07, 6.45) is 5.19. The van der Waals surface area contributed by atoms with Gasteiger partial charge in [-0.1, -0.05) is 55.5 Å². The van der Waals surface area contributed by atoms with E-state index < -0.39 is 6.10 Å². The third-order valence-electron chi connectivity index (χ3n) is 8.61. The number of aliphatic hydroxyl groups excluding tert-OH is 1. The topological polar surface area (TPSA) is 33.1 Å². The number of piperidine rings is 1. The first kappa shape index (κ1) is 17.6. The number of rotatable bonds is 5. The van der Waals surface area contributed by atoms with Crippen molar-refractivity contribution in [3.8, 4) is 0 Å². The van der Waals surface area contributed by atoms with Gasteiger partial charge in [-0.2, -0.15) is 0 Å². The monoisotopic (exact) mass is 385 g/mol. The Morgan fingerprint density at radius 2 is 1.90 bits per heavy atom. The first-order valence-electron chi connectivity index (χ1n) is 11.1. The molecule has 2 aliphatic heterocycles. The molecule has 0 bridgehead atoms. The number of para-hydroxylation sites is 1. The normalized spacial score (nSPS) is 35.6. The molecule has 3 nitrogen and oxygen atoms in total. The largest absolute Gasteiger partial charge is 0.382 e. The molecule has 29 heavy (non-hydrogen) atoms. The zero-order chi connectivity index (χ0) is 19.6. The Morgan fingerprint density at radius 3 is 2.69 bits per heavy atom. The molecule has 3 heterocycles. The van der Waals surface area contributed by atoms with Crippen molar-refractivity contribution in [1.29, 1.82) is 0 Å². The fraction of sp³-hybridized carbons (Fsp3) is 0.423. The Kier molecular flexibility index (Phi) is 3.73. The summed E-state index contributed by atoms with van der Waals surface area (Å²) in [6.45, 7) is 4.62. The van der Waals surface area contributed by atoms with Crippen LogP contribution in [0.2, 0.25) is 0 Å². The van der Waals surface area contributed by atoms with Gasteiger partial charge in [0.25, 0.3) is 0 Å². The van der Waals surface area contributed by atoms with Crippen LogP contribution < -0.4 is 0 Å². The third kappa shape index (κ3) is 2.18. The van der Waals surface area contributed by atoms with Crippen molar-refractivity contribution in [2.24, 2.45) is 11.8 Å². The molecule has 1 saturated carbocycles. The van der Waals surface area contributed by atoms with Crippen molar-refractivity contribution >= 4 is 10.9 Å². The van der Waals surface area contributed by atoms with Gasteiger partial charge in [0.15, 0.2) is 0 Å². The molecule has 0 radical (unpaired) electrons. The second-order valence-corrected chi connectivity index (χ2v) is 9.44. The minimum absolute atomic E-state index is 0.280. The molecule has 0 amide bonds. The van der Waals surface area contributed by atoms with E-state index in [0.717, 1.165) is 39.3 Å². The number of aliphatic hydroxyl groups is 1. The number of benzene rings is 2. The number of nitrogens with zero attached hydrogens (tertiary/aromatic N) is 2. The van der Waals surface area contributed by atoms with Gasteiger partial charge >= 0.3 is 0 Å². The summed E-state index contributed by atoms with van der Waals surface area (Å²) >= 11 is 0. The van der Waals surface area contributed by atoms with E-state index in [1.807, 2.05) is 24.4 Å². The highest BCUT2D eigenvalue weighted by Crippen LogP contribution is 2.76. The molecule has 1 spiro atoms. The van der Waals surface area contributed by atoms with Crippen LogP contribution in [-0.4, -0.2) is 32.7 Å². The SMILES string of the molecule is CCC1C2CC[N+]3(Cc4ccccc4)[C@H]([C@H](O)c4ccnc5ccccc45)CC123. The molecule has 3 aliphatic rings. The van der Waals surface area contributed by atoms with E-state index in [2.05, 4.69) is 54.4 Å². The lowest BCUT2D eigenvalue weighted by atomic mass is 9.77. The molecular weight excluding hydrogens is 356 g/mol. The summed E-state index contributed by atoms with van der Waals surface area (Å²) in [5, 5.41) is 12.8. The molecule has 148 valence electrons. The van der Waals surface area contributed by atoms with Gasteiger partial charge in [0.05, 0.1) is 18.5 Å². The summed E-state index contributed by atoms with van der Waals surface area (Å²) in [5.74, 6) is 1.71. The molecule has 3 fully saturated rings. The van der Waals surface area contributed by atoms with Crippen LogP contribution in [0.25, 0.3) is 10.9 Å². The summed E-state index contributed by atoms with van der Waals surface area (Å²) in [4.78, 5) is 4.51. The van der Waals surface area contributed by atoms with E-state index in [9.17, 15) is 5.11 Å². The summed E-state index contributed by atoms with van der Waals surface area (Å²) in [5.41, 5.74) is 3.87. The van der Waals surface area contributed by atoms with Crippen molar-refractivity contribution in [3.63, 3.8) is 0 Å². The number of pyridine rings is 1. The van der Waals surface area contributed by atoms with Crippen LogP contribution in [0.4, 0.5) is 0 Å². The third-order valence-corrected chi connectivity index (χ3v) is 8.61. The standard InChI is InChI=1S/C26H29N2O/c1-2-21-22-13-15-28(17-18-8-4-3-5-9-18)24(16-26(21,22)28)25(29)20-12-14-27-23-11-7-6-10-19(20)23/h3-12,14,21-22,24-25,29H,2,13,15-17H2,1H3/q+1/t21?,22?,24-,25+,26?,28?/m0/s1. The second-order valence-electron chi connectivity index (χ2n) is 9.44. The summed E-state index contributed by atoms with van der Waals surface area (Å²) < 4.78 is 1.10.